The summed E-state index contributed by atoms with van der Waals surface area (Å²) < 4.78 is 7.70. The van der Waals surface area contributed by atoms with Gasteiger partial charge in [0.25, 0.3) is 5.91 Å². The molecule has 2 heterocycles. The summed E-state index contributed by atoms with van der Waals surface area (Å²) in [4.78, 5) is 15.1. The van der Waals surface area contributed by atoms with Crippen molar-refractivity contribution in [3.8, 4) is 5.75 Å². The van der Waals surface area contributed by atoms with E-state index in [1.807, 2.05) is 42.1 Å². The van der Waals surface area contributed by atoms with Crippen LogP contribution >= 0.6 is 35.6 Å². The Kier molecular flexibility index (Phi) is 4.72. The van der Waals surface area contributed by atoms with Crippen molar-refractivity contribution in [1.82, 2.24) is 4.57 Å². The van der Waals surface area contributed by atoms with Crippen molar-refractivity contribution in [3.05, 3.63) is 64.2 Å². The molecule has 1 aliphatic rings. The molecule has 0 radical (unpaired) electrons. The van der Waals surface area contributed by atoms with E-state index in [0.29, 0.717) is 25.7 Å². The summed E-state index contributed by atoms with van der Waals surface area (Å²) in [5.41, 5.74) is 2.73. The Labute approximate surface area is 171 Å². The van der Waals surface area contributed by atoms with E-state index in [0.717, 1.165) is 16.5 Å². The van der Waals surface area contributed by atoms with Gasteiger partial charge in [0.05, 0.1) is 22.7 Å². The molecule has 0 bridgehead atoms. The van der Waals surface area contributed by atoms with Gasteiger partial charge in [0.1, 0.15) is 5.75 Å². The molecule has 0 saturated carbocycles. The van der Waals surface area contributed by atoms with Gasteiger partial charge in [0.2, 0.25) is 0 Å². The summed E-state index contributed by atoms with van der Waals surface area (Å²) in [6.07, 6.45) is 3.91. The zero-order valence-corrected chi connectivity index (χ0v) is 17.0. The van der Waals surface area contributed by atoms with Gasteiger partial charge >= 0.3 is 0 Å². The first-order valence-corrected chi connectivity index (χ1v) is 9.75. The molecular formula is C20H15ClN2O2S2. The maximum absolute atomic E-state index is 13.0. The second-order valence-corrected chi connectivity index (χ2v) is 8.13. The third-order valence-electron chi connectivity index (χ3n) is 4.40. The minimum absolute atomic E-state index is 0.154. The van der Waals surface area contributed by atoms with Gasteiger partial charge in [-0.1, -0.05) is 53.8 Å². The molecule has 2 aromatic carbocycles. The van der Waals surface area contributed by atoms with E-state index < -0.39 is 0 Å². The number of carbonyl (C=O) groups excluding carboxylic acids is 1. The number of thioether (sulfide) groups is 1. The van der Waals surface area contributed by atoms with Crippen molar-refractivity contribution in [2.24, 2.45) is 7.05 Å². The lowest BCUT2D eigenvalue weighted by Crippen LogP contribution is -2.27. The smallest absolute Gasteiger partial charge is 0.270 e. The number of aryl methyl sites for hydroxylation is 1. The number of fused-ring (bicyclic) bond motifs is 1. The van der Waals surface area contributed by atoms with E-state index in [2.05, 4.69) is 6.07 Å². The lowest BCUT2D eigenvalue weighted by atomic mass is 10.1. The summed E-state index contributed by atoms with van der Waals surface area (Å²) in [5.74, 6) is 0.399. The molecule has 27 heavy (non-hydrogen) atoms. The zero-order valence-electron chi connectivity index (χ0n) is 14.6. The number of halogens is 1. The van der Waals surface area contributed by atoms with E-state index in [1.54, 1.807) is 25.3 Å². The van der Waals surface area contributed by atoms with Gasteiger partial charge in [-0.05, 0) is 30.3 Å². The molecule has 0 atom stereocenters. The number of ether oxygens (including phenoxy) is 1. The maximum atomic E-state index is 13.0. The minimum Gasteiger partial charge on any atom is -0.495 e. The summed E-state index contributed by atoms with van der Waals surface area (Å²) in [6.45, 7) is 0. The third kappa shape index (κ3) is 3.14. The number of thiocarbonyl (C=S) groups is 1. The zero-order chi connectivity index (χ0) is 19.1. The van der Waals surface area contributed by atoms with Gasteiger partial charge in [-0.25, -0.2) is 0 Å². The number of amides is 1. The molecular weight excluding hydrogens is 400 g/mol. The van der Waals surface area contributed by atoms with Crippen molar-refractivity contribution >= 4 is 68.5 Å². The van der Waals surface area contributed by atoms with Crippen LogP contribution in [0.25, 0.3) is 17.0 Å². The predicted octanol–water partition coefficient (Wildman–Crippen LogP) is 5.25. The number of aromatic nitrogens is 1. The molecule has 1 aromatic heterocycles. The molecule has 7 heteroatoms. The van der Waals surface area contributed by atoms with Gasteiger partial charge in [0, 0.05) is 29.7 Å². The molecule has 0 unspecified atom stereocenters. The average Bonchev–Trinajstić information content (AvgIpc) is 3.12. The van der Waals surface area contributed by atoms with Crippen molar-refractivity contribution in [2.45, 2.75) is 0 Å². The summed E-state index contributed by atoms with van der Waals surface area (Å²) in [7, 11) is 3.54. The number of benzene rings is 2. The quantitative estimate of drug-likeness (QED) is 0.433. The highest BCUT2D eigenvalue weighted by molar-refractivity contribution is 8.27. The lowest BCUT2D eigenvalue weighted by molar-refractivity contribution is -0.113. The first-order valence-electron chi connectivity index (χ1n) is 8.15. The Morgan fingerprint density at radius 3 is 2.74 bits per heavy atom. The molecule has 1 aliphatic heterocycles. The van der Waals surface area contributed by atoms with Gasteiger partial charge in [-0.15, -0.1) is 0 Å². The van der Waals surface area contributed by atoms with E-state index in [9.17, 15) is 4.79 Å². The fourth-order valence-corrected chi connectivity index (χ4v) is 4.66. The van der Waals surface area contributed by atoms with Crippen molar-refractivity contribution in [1.29, 1.82) is 0 Å². The first kappa shape index (κ1) is 18.1. The van der Waals surface area contributed by atoms with Crippen LogP contribution in [-0.2, 0) is 11.8 Å². The number of methoxy groups -OCH3 is 1. The molecule has 1 amide bonds. The SMILES string of the molecule is COc1ccc(N2C(=O)C(=Cc3cn(C)c4ccccc34)SC2=S)cc1Cl. The van der Waals surface area contributed by atoms with Crippen LogP contribution in [-0.4, -0.2) is 21.9 Å². The standard InChI is InChI=1S/C20H15ClN2O2S2/c1-22-11-12(14-5-3-4-6-16(14)22)9-18-19(24)23(20(26)27-18)13-7-8-17(25-2)15(21)10-13/h3-11H,1-2H3. The Morgan fingerprint density at radius 1 is 1.22 bits per heavy atom. The number of hydrogen-bond donors (Lipinski definition) is 0. The van der Waals surface area contributed by atoms with Crippen LogP contribution in [0.3, 0.4) is 0 Å². The topological polar surface area (TPSA) is 34.5 Å². The number of carbonyl (C=O) groups is 1. The van der Waals surface area contributed by atoms with E-state index in [1.165, 1.54) is 16.7 Å². The van der Waals surface area contributed by atoms with Crippen molar-refractivity contribution in [3.63, 3.8) is 0 Å². The number of rotatable bonds is 3. The van der Waals surface area contributed by atoms with Crippen LogP contribution < -0.4 is 9.64 Å². The van der Waals surface area contributed by atoms with Crippen molar-refractivity contribution in [2.75, 3.05) is 12.0 Å². The number of para-hydroxylation sites is 1. The fraction of sp³-hybridized carbons (Fsp3) is 0.100. The highest BCUT2D eigenvalue weighted by Crippen LogP contribution is 2.39. The number of nitrogens with zero attached hydrogens (tertiary/aromatic N) is 2. The highest BCUT2D eigenvalue weighted by Gasteiger charge is 2.33. The molecule has 3 aromatic rings. The normalized spacial score (nSPS) is 16.0. The largest absolute Gasteiger partial charge is 0.495 e. The minimum atomic E-state index is -0.154. The molecule has 0 spiro atoms. The first-order chi connectivity index (χ1) is 13.0. The molecule has 0 aliphatic carbocycles. The van der Waals surface area contributed by atoms with E-state index in [-0.39, 0.29) is 5.91 Å². The molecule has 4 nitrogen and oxygen atoms in total. The van der Waals surface area contributed by atoms with Crippen LogP contribution in [0.2, 0.25) is 5.02 Å². The number of anilines is 1. The molecule has 0 N–H and O–H groups in total. The number of hydrogen-bond acceptors (Lipinski definition) is 4. The van der Waals surface area contributed by atoms with Crippen LogP contribution in [0.15, 0.2) is 53.6 Å². The monoisotopic (exact) mass is 414 g/mol. The van der Waals surface area contributed by atoms with Crippen molar-refractivity contribution < 1.29 is 9.53 Å². The highest BCUT2D eigenvalue weighted by atomic mass is 35.5. The fourth-order valence-electron chi connectivity index (χ4n) is 3.11. The Morgan fingerprint density at radius 2 is 2.00 bits per heavy atom. The van der Waals surface area contributed by atoms with Gasteiger partial charge in [0.15, 0.2) is 4.32 Å². The molecule has 1 fully saturated rings. The second-order valence-electron chi connectivity index (χ2n) is 6.05. The lowest BCUT2D eigenvalue weighted by Gasteiger charge is -2.15. The van der Waals surface area contributed by atoms with Gasteiger partial charge in [-0.2, -0.15) is 0 Å². The van der Waals surface area contributed by atoms with Gasteiger partial charge in [-0.3, -0.25) is 9.69 Å². The van der Waals surface area contributed by atoms with Gasteiger partial charge < -0.3 is 9.30 Å². The van der Waals surface area contributed by atoms with Crippen LogP contribution in [0.5, 0.6) is 5.75 Å². The maximum Gasteiger partial charge on any atom is 0.270 e. The van der Waals surface area contributed by atoms with E-state index in [4.69, 9.17) is 28.6 Å². The second kappa shape index (κ2) is 7.03. The summed E-state index contributed by atoms with van der Waals surface area (Å²) in [5, 5.41) is 1.53. The molecule has 4 rings (SSSR count). The summed E-state index contributed by atoms with van der Waals surface area (Å²) >= 11 is 12.9. The molecule has 1 saturated heterocycles. The summed E-state index contributed by atoms with van der Waals surface area (Å²) in [6, 6.07) is 13.3. The van der Waals surface area contributed by atoms with Crippen LogP contribution in [0, 0.1) is 0 Å². The third-order valence-corrected chi connectivity index (χ3v) is 6.00. The van der Waals surface area contributed by atoms with E-state index >= 15 is 0 Å². The Hall–Kier alpha value is -2.28. The predicted molar refractivity (Wildman–Crippen MR) is 117 cm³/mol. The molecule has 136 valence electrons. The Balaban J connectivity index is 1.72. The van der Waals surface area contributed by atoms with Crippen LogP contribution in [0.4, 0.5) is 5.69 Å². The van der Waals surface area contributed by atoms with Crippen LogP contribution in [0.1, 0.15) is 5.56 Å². The average molecular weight is 415 g/mol. The Bertz CT molecular complexity index is 1120.